The molecule has 3 aromatic carbocycles. The normalized spacial score (nSPS) is 12.9. The van der Waals surface area contributed by atoms with Gasteiger partial charge in [0.05, 0.1) is 19.8 Å². The highest BCUT2D eigenvalue weighted by molar-refractivity contribution is 5.43. The lowest BCUT2D eigenvalue weighted by Gasteiger charge is -2.21. The number of ether oxygens (including phenoxy) is 2. The summed E-state index contributed by atoms with van der Waals surface area (Å²) < 4.78 is 11.4. The molecule has 0 saturated heterocycles. The van der Waals surface area contributed by atoms with E-state index in [0.29, 0.717) is 18.9 Å². The fourth-order valence-corrected chi connectivity index (χ4v) is 3.19. The molecule has 152 valence electrons. The van der Waals surface area contributed by atoms with Crippen LogP contribution in [0.5, 0.6) is 11.5 Å². The predicted molar refractivity (Wildman–Crippen MR) is 116 cm³/mol. The van der Waals surface area contributed by atoms with Crippen LogP contribution in [-0.2, 0) is 13.0 Å². The molecular weight excluding hydrogens is 362 g/mol. The lowest BCUT2D eigenvalue weighted by molar-refractivity contribution is 0.135. The van der Waals surface area contributed by atoms with E-state index in [9.17, 15) is 5.11 Å². The molecule has 0 amide bonds. The van der Waals surface area contributed by atoms with Crippen LogP contribution in [0.1, 0.15) is 29.7 Å². The lowest BCUT2D eigenvalue weighted by Crippen LogP contribution is -2.31. The fraction of sp³-hybridized carbons (Fsp3) is 0.280. The molecule has 3 rings (SSSR count). The lowest BCUT2D eigenvalue weighted by atomic mass is 10.0. The van der Waals surface area contributed by atoms with Crippen molar-refractivity contribution in [2.24, 2.45) is 0 Å². The molecular formula is C25H29NO3. The van der Waals surface area contributed by atoms with E-state index >= 15 is 0 Å². The van der Waals surface area contributed by atoms with Crippen LogP contribution in [-0.4, -0.2) is 24.9 Å². The molecule has 0 spiro atoms. The molecule has 2 N–H and O–H groups in total. The van der Waals surface area contributed by atoms with Gasteiger partial charge in [-0.2, -0.15) is 0 Å². The highest BCUT2D eigenvalue weighted by Crippen LogP contribution is 2.28. The quantitative estimate of drug-likeness (QED) is 0.533. The van der Waals surface area contributed by atoms with Gasteiger partial charge >= 0.3 is 0 Å². The maximum absolute atomic E-state index is 10.5. The van der Waals surface area contributed by atoms with Crippen LogP contribution in [0.2, 0.25) is 0 Å². The van der Waals surface area contributed by atoms with Gasteiger partial charge in [0.2, 0.25) is 0 Å². The largest absolute Gasteiger partial charge is 0.493 e. The van der Waals surface area contributed by atoms with Crippen molar-refractivity contribution in [3.63, 3.8) is 0 Å². The van der Waals surface area contributed by atoms with E-state index in [1.807, 2.05) is 73.7 Å². The van der Waals surface area contributed by atoms with E-state index in [1.54, 1.807) is 7.11 Å². The zero-order chi connectivity index (χ0) is 20.5. The molecule has 0 heterocycles. The average molecular weight is 392 g/mol. The van der Waals surface area contributed by atoms with Crippen molar-refractivity contribution in [3.05, 3.63) is 95.6 Å². The summed E-state index contributed by atoms with van der Waals surface area (Å²) in [5.74, 6) is 1.46. The van der Waals surface area contributed by atoms with Crippen molar-refractivity contribution < 1.29 is 14.6 Å². The second-order valence-corrected chi connectivity index (χ2v) is 7.09. The smallest absolute Gasteiger partial charge is 0.161 e. The number of hydrogen-bond donors (Lipinski definition) is 2. The van der Waals surface area contributed by atoms with Gasteiger partial charge in [0.1, 0.15) is 0 Å². The van der Waals surface area contributed by atoms with Crippen molar-refractivity contribution in [2.45, 2.75) is 32.0 Å². The summed E-state index contributed by atoms with van der Waals surface area (Å²) >= 11 is 0. The van der Waals surface area contributed by atoms with E-state index in [4.69, 9.17) is 9.47 Å². The van der Waals surface area contributed by atoms with Gasteiger partial charge in [-0.15, -0.1) is 0 Å². The molecule has 3 aromatic rings. The SMILES string of the molecule is COc1cc(CN[C@H](C)[C@H](O)c2ccccc2)ccc1OCCc1ccccc1. The molecule has 4 nitrogen and oxygen atoms in total. The van der Waals surface area contributed by atoms with Gasteiger partial charge in [0.25, 0.3) is 0 Å². The zero-order valence-corrected chi connectivity index (χ0v) is 17.0. The van der Waals surface area contributed by atoms with E-state index < -0.39 is 6.10 Å². The number of hydrogen-bond acceptors (Lipinski definition) is 4. The minimum atomic E-state index is -0.557. The Hall–Kier alpha value is -2.82. The molecule has 0 unspecified atom stereocenters. The Morgan fingerprint density at radius 3 is 2.24 bits per heavy atom. The van der Waals surface area contributed by atoms with Crippen molar-refractivity contribution in [1.82, 2.24) is 5.32 Å². The number of aliphatic hydroxyl groups excluding tert-OH is 1. The van der Waals surface area contributed by atoms with Gasteiger partial charge in [-0.05, 0) is 35.7 Å². The maximum Gasteiger partial charge on any atom is 0.161 e. The van der Waals surface area contributed by atoms with Crippen LogP contribution in [0.4, 0.5) is 0 Å². The number of methoxy groups -OCH3 is 1. The second kappa shape index (κ2) is 10.6. The standard InChI is InChI=1S/C25H29NO3/c1-19(25(27)22-11-7-4-8-12-22)26-18-21-13-14-23(24(17-21)28-2)29-16-15-20-9-5-3-6-10-20/h3-14,17,19,25-27H,15-16,18H2,1-2H3/t19-,25+/m1/s1. The third kappa shape index (κ3) is 6.08. The van der Waals surface area contributed by atoms with Gasteiger partial charge in [-0.1, -0.05) is 66.7 Å². The molecule has 4 heteroatoms. The van der Waals surface area contributed by atoms with Crippen LogP contribution in [0.25, 0.3) is 0 Å². The van der Waals surface area contributed by atoms with Gasteiger partial charge in [-0.25, -0.2) is 0 Å². The second-order valence-electron chi connectivity index (χ2n) is 7.09. The van der Waals surface area contributed by atoms with Crippen molar-refractivity contribution in [1.29, 1.82) is 0 Å². The molecule has 0 bridgehead atoms. The summed E-state index contributed by atoms with van der Waals surface area (Å²) in [6.45, 7) is 3.21. The van der Waals surface area contributed by atoms with Crippen LogP contribution in [0.3, 0.4) is 0 Å². The summed E-state index contributed by atoms with van der Waals surface area (Å²) in [4.78, 5) is 0. The monoisotopic (exact) mass is 391 g/mol. The van der Waals surface area contributed by atoms with Crippen molar-refractivity contribution in [2.75, 3.05) is 13.7 Å². The van der Waals surface area contributed by atoms with Gasteiger partial charge in [-0.3, -0.25) is 0 Å². The topological polar surface area (TPSA) is 50.7 Å². The van der Waals surface area contributed by atoms with Crippen LogP contribution >= 0.6 is 0 Å². The summed E-state index contributed by atoms with van der Waals surface area (Å²) in [5, 5.41) is 13.9. The third-order valence-corrected chi connectivity index (χ3v) is 4.96. The third-order valence-electron chi connectivity index (χ3n) is 4.96. The van der Waals surface area contributed by atoms with E-state index in [0.717, 1.165) is 23.3 Å². The van der Waals surface area contributed by atoms with Crippen molar-refractivity contribution in [3.8, 4) is 11.5 Å². The highest BCUT2D eigenvalue weighted by Gasteiger charge is 2.16. The summed E-state index contributed by atoms with van der Waals surface area (Å²) in [5.41, 5.74) is 3.23. The van der Waals surface area contributed by atoms with Crippen LogP contribution in [0, 0.1) is 0 Å². The summed E-state index contributed by atoms with van der Waals surface area (Å²) in [6, 6.07) is 25.8. The predicted octanol–water partition coefficient (Wildman–Crippen LogP) is 4.53. The van der Waals surface area contributed by atoms with Crippen LogP contribution in [0.15, 0.2) is 78.9 Å². The first-order chi connectivity index (χ1) is 14.2. The van der Waals surface area contributed by atoms with Gasteiger partial charge < -0.3 is 19.9 Å². The molecule has 0 saturated carbocycles. The fourth-order valence-electron chi connectivity index (χ4n) is 3.19. The summed E-state index contributed by atoms with van der Waals surface area (Å²) in [7, 11) is 1.65. The first-order valence-electron chi connectivity index (χ1n) is 9.97. The zero-order valence-electron chi connectivity index (χ0n) is 17.0. The number of aliphatic hydroxyl groups is 1. The number of benzene rings is 3. The van der Waals surface area contributed by atoms with E-state index in [-0.39, 0.29) is 6.04 Å². The van der Waals surface area contributed by atoms with Crippen molar-refractivity contribution >= 4 is 0 Å². The maximum atomic E-state index is 10.5. The first-order valence-corrected chi connectivity index (χ1v) is 9.97. The Morgan fingerprint density at radius 1 is 0.862 bits per heavy atom. The Morgan fingerprint density at radius 2 is 1.55 bits per heavy atom. The molecule has 29 heavy (non-hydrogen) atoms. The van der Waals surface area contributed by atoms with Crippen LogP contribution < -0.4 is 14.8 Å². The summed E-state index contributed by atoms with van der Waals surface area (Å²) in [6.07, 6.45) is 0.293. The highest BCUT2D eigenvalue weighted by atomic mass is 16.5. The molecule has 0 aliphatic heterocycles. The molecule has 0 aliphatic carbocycles. The Bertz CT molecular complexity index is 868. The van der Waals surface area contributed by atoms with E-state index in [1.165, 1.54) is 5.56 Å². The molecule has 0 fully saturated rings. The van der Waals surface area contributed by atoms with Gasteiger partial charge in [0, 0.05) is 19.0 Å². The number of nitrogens with one attached hydrogen (secondary N) is 1. The first kappa shape index (κ1) is 20.9. The van der Waals surface area contributed by atoms with E-state index in [2.05, 4.69) is 17.4 Å². The molecule has 0 radical (unpaired) electrons. The average Bonchev–Trinajstić information content (AvgIpc) is 2.78. The molecule has 0 aliphatic rings. The molecule has 0 aromatic heterocycles. The Kier molecular flexibility index (Phi) is 7.68. The molecule has 2 atom stereocenters. The van der Waals surface area contributed by atoms with Gasteiger partial charge in [0.15, 0.2) is 11.5 Å². The minimum absolute atomic E-state index is 0.0785. The Balaban J connectivity index is 1.54. The minimum Gasteiger partial charge on any atom is -0.493 e. The number of rotatable bonds is 10. The Labute approximate surface area is 173 Å².